The lowest BCUT2D eigenvalue weighted by Gasteiger charge is -2.58. The van der Waals surface area contributed by atoms with Crippen molar-refractivity contribution in [3.63, 3.8) is 0 Å². The topological polar surface area (TPSA) is 20.2 Å². The van der Waals surface area contributed by atoms with Crippen LogP contribution >= 0.6 is 0 Å². The minimum atomic E-state index is -0.138. The molecule has 0 aromatic heterocycles. The number of aliphatic hydroxyl groups excluding tert-OH is 1. The van der Waals surface area contributed by atoms with Gasteiger partial charge in [-0.15, -0.1) is 0 Å². The highest BCUT2D eigenvalue weighted by Gasteiger charge is 2.71. The molecule has 6 aliphatic rings. The van der Waals surface area contributed by atoms with Gasteiger partial charge in [0.1, 0.15) is 0 Å². The highest BCUT2D eigenvalue weighted by Crippen LogP contribution is 2.78. The summed E-state index contributed by atoms with van der Waals surface area (Å²) >= 11 is 0. The average molecular weight is 369 g/mol. The quantitative estimate of drug-likeness (QED) is 0.572. The molecule has 1 heteroatoms. The maximum absolute atomic E-state index is 10.3. The number of fused-ring (bicyclic) bond motifs is 8. The minimum absolute atomic E-state index is 0.138. The third-order valence-electron chi connectivity index (χ3n) is 10.9. The predicted octanol–water partition coefficient (Wildman–Crippen LogP) is 6.36. The van der Waals surface area contributed by atoms with Crippen molar-refractivity contribution in [1.29, 1.82) is 0 Å². The first-order valence-electron chi connectivity index (χ1n) is 12.5. The molecule has 6 aliphatic carbocycles. The van der Waals surface area contributed by atoms with E-state index in [-0.39, 0.29) is 6.10 Å². The van der Waals surface area contributed by atoms with Crippen LogP contribution in [0, 0.1) is 52.3 Å². The number of rotatable bonds is 4. The van der Waals surface area contributed by atoms with E-state index < -0.39 is 0 Å². The van der Waals surface area contributed by atoms with Gasteiger partial charge in [-0.25, -0.2) is 0 Å². The summed E-state index contributed by atoms with van der Waals surface area (Å²) in [6.07, 6.45) is 19.4. The SMILES string of the molecule is CCCC[C@@H]1[C@H]2C[C@H]2C2C3CC4(CC4)C4=C[C@@H](O)CCC4C3CCC21CC. The Hall–Kier alpha value is -0.300. The van der Waals surface area contributed by atoms with Crippen LogP contribution in [0.4, 0.5) is 0 Å². The van der Waals surface area contributed by atoms with Crippen molar-refractivity contribution in [3.8, 4) is 0 Å². The van der Waals surface area contributed by atoms with Crippen LogP contribution in [0.3, 0.4) is 0 Å². The van der Waals surface area contributed by atoms with Gasteiger partial charge in [0.05, 0.1) is 6.10 Å². The van der Waals surface area contributed by atoms with E-state index in [4.69, 9.17) is 0 Å². The molecule has 0 amide bonds. The molecule has 9 atom stereocenters. The maximum atomic E-state index is 10.3. The van der Waals surface area contributed by atoms with E-state index in [0.29, 0.717) is 5.41 Å². The van der Waals surface area contributed by atoms with Gasteiger partial charge < -0.3 is 5.11 Å². The first-order chi connectivity index (χ1) is 13.1. The molecule has 27 heavy (non-hydrogen) atoms. The monoisotopic (exact) mass is 368 g/mol. The molecule has 6 rings (SSSR count). The molecule has 0 aromatic rings. The van der Waals surface area contributed by atoms with Crippen LogP contribution < -0.4 is 0 Å². The van der Waals surface area contributed by atoms with E-state index in [0.717, 1.165) is 53.3 Å². The zero-order valence-corrected chi connectivity index (χ0v) is 17.6. The lowest BCUT2D eigenvalue weighted by atomic mass is 9.46. The Balaban J connectivity index is 1.36. The summed E-state index contributed by atoms with van der Waals surface area (Å²) in [5, 5.41) is 10.3. The molecule has 0 radical (unpaired) electrons. The summed E-state index contributed by atoms with van der Waals surface area (Å²) in [4.78, 5) is 0. The Kier molecular flexibility index (Phi) is 3.81. The van der Waals surface area contributed by atoms with Gasteiger partial charge in [-0.1, -0.05) is 38.3 Å². The molecule has 150 valence electrons. The van der Waals surface area contributed by atoms with Gasteiger partial charge in [0.25, 0.3) is 0 Å². The van der Waals surface area contributed by atoms with E-state index in [1.54, 1.807) is 12.0 Å². The number of allylic oxidation sites excluding steroid dienone is 1. The van der Waals surface area contributed by atoms with Crippen LogP contribution in [0.15, 0.2) is 11.6 Å². The molecule has 0 bridgehead atoms. The summed E-state index contributed by atoms with van der Waals surface area (Å²) in [7, 11) is 0. The molecule has 5 fully saturated rings. The fourth-order valence-electron chi connectivity index (χ4n) is 9.75. The van der Waals surface area contributed by atoms with Crippen molar-refractivity contribution in [2.45, 2.75) is 97.0 Å². The zero-order valence-electron chi connectivity index (χ0n) is 17.6. The second-order valence-corrected chi connectivity index (χ2v) is 11.6. The second kappa shape index (κ2) is 5.87. The van der Waals surface area contributed by atoms with E-state index in [2.05, 4.69) is 19.9 Å². The van der Waals surface area contributed by atoms with E-state index in [1.807, 2.05) is 0 Å². The Labute approximate surface area is 166 Å². The molecular formula is C26H40O. The van der Waals surface area contributed by atoms with Crippen molar-refractivity contribution in [1.82, 2.24) is 0 Å². The highest BCUT2D eigenvalue weighted by atomic mass is 16.3. The van der Waals surface area contributed by atoms with Crippen molar-refractivity contribution < 1.29 is 5.11 Å². The summed E-state index contributed by atoms with van der Waals surface area (Å²) < 4.78 is 0. The molecule has 0 aromatic carbocycles. The zero-order chi connectivity index (χ0) is 18.4. The molecular weight excluding hydrogens is 328 g/mol. The summed E-state index contributed by atoms with van der Waals surface area (Å²) in [5.74, 6) is 7.19. The normalized spacial score (nSPS) is 53.8. The molecule has 5 unspecified atom stereocenters. The fraction of sp³-hybridized carbons (Fsp3) is 0.923. The van der Waals surface area contributed by atoms with Crippen LogP contribution in [-0.2, 0) is 0 Å². The van der Waals surface area contributed by atoms with E-state index >= 15 is 0 Å². The van der Waals surface area contributed by atoms with Gasteiger partial charge in [0.2, 0.25) is 0 Å². The van der Waals surface area contributed by atoms with Crippen molar-refractivity contribution >= 4 is 0 Å². The van der Waals surface area contributed by atoms with Crippen LogP contribution in [0.5, 0.6) is 0 Å². The standard InChI is InChI=1S/C26H40O/c1-3-5-6-22-19-14-20(19)24-21-15-25(11-12-25)23-13-16(27)7-8-18(23)17(21)9-10-26(22,24)4-2/h13,16-22,24,27H,3-12,14-15H2,1-2H3/t16-,17?,18?,19-,20+,21?,22+,24?,26?/m0/s1. The van der Waals surface area contributed by atoms with Gasteiger partial charge in [0.15, 0.2) is 0 Å². The van der Waals surface area contributed by atoms with Gasteiger partial charge in [0, 0.05) is 0 Å². The molecule has 0 saturated heterocycles. The largest absolute Gasteiger partial charge is 0.389 e. The predicted molar refractivity (Wildman–Crippen MR) is 110 cm³/mol. The van der Waals surface area contributed by atoms with Crippen LogP contribution in [0.1, 0.15) is 90.9 Å². The molecule has 0 heterocycles. The Morgan fingerprint density at radius 1 is 1.00 bits per heavy atom. The van der Waals surface area contributed by atoms with E-state index in [9.17, 15) is 5.11 Å². The third-order valence-corrected chi connectivity index (χ3v) is 10.9. The maximum Gasteiger partial charge on any atom is 0.0724 e. The Morgan fingerprint density at radius 3 is 2.59 bits per heavy atom. The van der Waals surface area contributed by atoms with Crippen LogP contribution in [0.2, 0.25) is 0 Å². The number of unbranched alkanes of at least 4 members (excludes halogenated alkanes) is 1. The lowest BCUT2D eigenvalue weighted by molar-refractivity contribution is -0.0693. The van der Waals surface area contributed by atoms with Gasteiger partial charge in [-0.05, 0) is 116 Å². The number of hydrogen-bond acceptors (Lipinski definition) is 1. The third kappa shape index (κ3) is 2.27. The first kappa shape index (κ1) is 17.5. The molecule has 0 aliphatic heterocycles. The summed E-state index contributed by atoms with van der Waals surface area (Å²) in [6, 6.07) is 0. The second-order valence-electron chi connectivity index (χ2n) is 11.6. The lowest BCUT2D eigenvalue weighted by Crippen LogP contribution is -2.51. The highest BCUT2D eigenvalue weighted by molar-refractivity contribution is 5.33. The van der Waals surface area contributed by atoms with Gasteiger partial charge >= 0.3 is 0 Å². The summed E-state index contributed by atoms with van der Waals surface area (Å²) in [5.41, 5.74) is 3.02. The average Bonchev–Trinajstić information content (AvgIpc) is 3.59. The molecule has 1 spiro atoms. The number of hydrogen-bond donors (Lipinski definition) is 1. The minimum Gasteiger partial charge on any atom is -0.389 e. The Morgan fingerprint density at radius 2 is 1.85 bits per heavy atom. The number of aliphatic hydroxyl groups is 1. The van der Waals surface area contributed by atoms with Crippen LogP contribution in [-0.4, -0.2) is 11.2 Å². The van der Waals surface area contributed by atoms with Gasteiger partial charge in [-0.3, -0.25) is 0 Å². The Bertz CT molecular complexity index is 645. The fourth-order valence-corrected chi connectivity index (χ4v) is 9.75. The smallest absolute Gasteiger partial charge is 0.0724 e. The first-order valence-corrected chi connectivity index (χ1v) is 12.5. The van der Waals surface area contributed by atoms with Gasteiger partial charge in [-0.2, -0.15) is 0 Å². The summed E-state index contributed by atoms with van der Waals surface area (Å²) in [6.45, 7) is 4.94. The van der Waals surface area contributed by atoms with Crippen molar-refractivity contribution in [2.75, 3.05) is 0 Å². The molecule has 1 nitrogen and oxygen atoms in total. The molecule has 1 N–H and O–H groups in total. The van der Waals surface area contributed by atoms with Crippen molar-refractivity contribution in [3.05, 3.63) is 11.6 Å². The van der Waals surface area contributed by atoms with Crippen molar-refractivity contribution in [2.24, 2.45) is 52.3 Å². The molecule has 5 saturated carbocycles. The van der Waals surface area contributed by atoms with Crippen LogP contribution in [0.25, 0.3) is 0 Å². The van der Waals surface area contributed by atoms with E-state index in [1.165, 1.54) is 64.2 Å².